The van der Waals surface area contributed by atoms with Gasteiger partial charge in [0.05, 0.1) is 31.8 Å². The van der Waals surface area contributed by atoms with Gasteiger partial charge < -0.3 is 24.7 Å². The van der Waals surface area contributed by atoms with Crippen LogP contribution in [0.1, 0.15) is 18.9 Å². The molecule has 2 atom stereocenters. The number of hydrogen-bond donors (Lipinski definition) is 2. The van der Waals surface area contributed by atoms with Gasteiger partial charge in [-0.1, -0.05) is 0 Å². The van der Waals surface area contributed by atoms with Gasteiger partial charge >= 0.3 is 11.8 Å². The minimum atomic E-state index is -0.623. The van der Waals surface area contributed by atoms with Crippen LogP contribution in [0.25, 0.3) is 0 Å². The molecule has 0 aromatic carbocycles. The van der Waals surface area contributed by atoms with E-state index < -0.39 is 11.8 Å². The van der Waals surface area contributed by atoms with Crippen LogP contribution in [-0.4, -0.2) is 79.0 Å². The van der Waals surface area contributed by atoms with Crippen LogP contribution in [0.2, 0.25) is 0 Å². The zero-order valence-electron chi connectivity index (χ0n) is 15.5. The first kappa shape index (κ1) is 19.4. The van der Waals surface area contributed by atoms with E-state index in [4.69, 9.17) is 9.15 Å². The molecule has 0 spiro atoms. The topological polar surface area (TPSA) is 104 Å². The molecule has 0 unspecified atom stereocenters. The Morgan fingerprint density at radius 2 is 2.04 bits per heavy atom. The molecule has 2 fully saturated rings. The number of carbonyl (C=O) groups excluding carboxylic acids is 3. The lowest BCUT2D eigenvalue weighted by Gasteiger charge is -2.26. The molecule has 148 valence electrons. The maximum Gasteiger partial charge on any atom is 0.312 e. The first-order chi connectivity index (χ1) is 13.1. The number of rotatable bonds is 5. The third-order valence-electron chi connectivity index (χ3n) is 4.85. The number of likely N-dealkylation sites (N-methyl/N-ethyl adjacent to an activating group) is 1. The Labute approximate surface area is 158 Å². The maximum absolute atomic E-state index is 12.4. The van der Waals surface area contributed by atoms with Gasteiger partial charge in [0, 0.05) is 44.3 Å². The average Bonchev–Trinajstić information content (AvgIpc) is 3.32. The van der Waals surface area contributed by atoms with E-state index in [0.717, 1.165) is 5.56 Å². The predicted octanol–water partition coefficient (Wildman–Crippen LogP) is -0.666. The van der Waals surface area contributed by atoms with Gasteiger partial charge in [-0.3, -0.25) is 19.3 Å². The molecule has 3 rings (SSSR count). The predicted molar refractivity (Wildman–Crippen MR) is 95.5 cm³/mol. The minimum absolute atomic E-state index is 0.0720. The van der Waals surface area contributed by atoms with Crippen molar-refractivity contribution in [2.24, 2.45) is 0 Å². The molecule has 9 heteroatoms. The van der Waals surface area contributed by atoms with Gasteiger partial charge in [-0.05, 0) is 19.4 Å². The molecule has 1 aromatic heterocycles. The van der Waals surface area contributed by atoms with Crippen LogP contribution in [0.15, 0.2) is 23.0 Å². The standard InChI is InChI=1S/C18H26N4O5/c1-2-19-16(23)15-9-14(11-22(15)10-13-3-6-27-12-13)20-17(24)18(25)21-4-7-26-8-5-21/h3,6,12,14-15H,2,4-5,7-11H2,1H3,(H,19,23)(H,20,24)/t14-,15-/m0/s1. The number of furan rings is 1. The number of morpholine rings is 1. The fraction of sp³-hybridized carbons (Fsp3) is 0.611. The highest BCUT2D eigenvalue weighted by Crippen LogP contribution is 2.21. The largest absolute Gasteiger partial charge is 0.472 e. The lowest BCUT2D eigenvalue weighted by atomic mass is 10.1. The Balaban J connectivity index is 1.60. The molecule has 0 saturated carbocycles. The molecule has 1 aromatic rings. The highest BCUT2D eigenvalue weighted by atomic mass is 16.5. The Morgan fingerprint density at radius 1 is 1.26 bits per heavy atom. The fourth-order valence-corrected chi connectivity index (χ4v) is 3.52. The molecule has 27 heavy (non-hydrogen) atoms. The molecule has 0 bridgehead atoms. The summed E-state index contributed by atoms with van der Waals surface area (Å²) in [5.41, 5.74) is 0.959. The Bertz CT molecular complexity index is 657. The van der Waals surface area contributed by atoms with E-state index in [1.165, 1.54) is 4.90 Å². The quantitative estimate of drug-likeness (QED) is 0.659. The van der Waals surface area contributed by atoms with Crippen molar-refractivity contribution in [1.29, 1.82) is 0 Å². The second kappa shape index (κ2) is 9.01. The SMILES string of the molecule is CCNC(=O)[C@@H]1C[C@H](NC(=O)C(=O)N2CCOCC2)CN1Cc1ccoc1. The van der Waals surface area contributed by atoms with Crippen LogP contribution in [0.3, 0.4) is 0 Å². The van der Waals surface area contributed by atoms with Crippen molar-refractivity contribution < 1.29 is 23.5 Å². The van der Waals surface area contributed by atoms with Gasteiger partial charge in [-0.25, -0.2) is 0 Å². The minimum Gasteiger partial charge on any atom is -0.472 e. The highest BCUT2D eigenvalue weighted by molar-refractivity contribution is 6.35. The highest BCUT2D eigenvalue weighted by Gasteiger charge is 2.38. The van der Waals surface area contributed by atoms with E-state index in [9.17, 15) is 14.4 Å². The number of amides is 3. The van der Waals surface area contributed by atoms with Crippen LogP contribution in [-0.2, 0) is 25.7 Å². The Morgan fingerprint density at radius 3 is 2.70 bits per heavy atom. The summed E-state index contributed by atoms with van der Waals surface area (Å²) in [6.45, 7) is 5.18. The van der Waals surface area contributed by atoms with Gasteiger partial charge in [-0.2, -0.15) is 0 Å². The first-order valence-corrected chi connectivity index (χ1v) is 9.28. The average molecular weight is 378 g/mol. The monoisotopic (exact) mass is 378 g/mol. The van der Waals surface area contributed by atoms with Gasteiger partial charge in [-0.15, -0.1) is 0 Å². The van der Waals surface area contributed by atoms with Crippen molar-refractivity contribution in [1.82, 2.24) is 20.4 Å². The van der Waals surface area contributed by atoms with Crippen molar-refractivity contribution in [2.75, 3.05) is 39.4 Å². The smallest absolute Gasteiger partial charge is 0.312 e. The maximum atomic E-state index is 12.4. The third-order valence-corrected chi connectivity index (χ3v) is 4.85. The van der Waals surface area contributed by atoms with Gasteiger partial charge in [0.1, 0.15) is 0 Å². The van der Waals surface area contributed by atoms with Crippen LogP contribution in [0.4, 0.5) is 0 Å². The second-order valence-electron chi connectivity index (χ2n) is 6.78. The normalized spacial score (nSPS) is 23.2. The van der Waals surface area contributed by atoms with Crippen LogP contribution >= 0.6 is 0 Å². The fourth-order valence-electron chi connectivity index (χ4n) is 3.52. The lowest BCUT2D eigenvalue weighted by Crippen LogP contribution is -2.50. The molecule has 2 saturated heterocycles. The van der Waals surface area contributed by atoms with Crippen LogP contribution in [0.5, 0.6) is 0 Å². The molecular formula is C18H26N4O5. The number of likely N-dealkylation sites (tertiary alicyclic amines) is 1. The van der Waals surface area contributed by atoms with E-state index in [1.54, 1.807) is 12.5 Å². The number of hydrogen-bond acceptors (Lipinski definition) is 6. The summed E-state index contributed by atoms with van der Waals surface area (Å²) in [5.74, 6) is -1.24. The second-order valence-corrected chi connectivity index (χ2v) is 6.78. The molecule has 3 heterocycles. The summed E-state index contributed by atoms with van der Waals surface area (Å²) in [7, 11) is 0. The summed E-state index contributed by atoms with van der Waals surface area (Å²) in [5, 5.41) is 5.64. The molecule has 2 N–H and O–H groups in total. The number of nitrogens with zero attached hydrogens (tertiary/aromatic N) is 2. The van der Waals surface area contributed by atoms with E-state index >= 15 is 0 Å². The van der Waals surface area contributed by atoms with Crippen molar-refractivity contribution >= 4 is 17.7 Å². The number of ether oxygens (including phenoxy) is 1. The molecule has 0 radical (unpaired) electrons. The third kappa shape index (κ3) is 4.86. The van der Waals surface area contributed by atoms with E-state index in [-0.39, 0.29) is 18.0 Å². The molecule has 9 nitrogen and oxygen atoms in total. The zero-order valence-corrected chi connectivity index (χ0v) is 15.5. The van der Waals surface area contributed by atoms with Gasteiger partial charge in [0.25, 0.3) is 0 Å². The van der Waals surface area contributed by atoms with E-state index in [1.807, 2.05) is 17.9 Å². The summed E-state index contributed by atoms with van der Waals surface area (Å²) in [6, 6.07) is 1.23. The number of carbonyl (C=O) groups is 3. The number of nitrogens with one attached hydrogen (secondary N) is 2. The van der Waals surface area contributed by atoms with Crippen LogP contribution < -0.4 is 10.6 Å². The van der Waals surface area contributed by atoms with Crippen molar-refractivity contribution in [2.45, 2.75) is 32.0 Å². The van der Waals surface area contributed by atoms with E-state index in [2.05, 4.69) is 10.6 Å². The first-order valence-electron chi connectivity index (χ1n) is 9.28. The van der Waals surface area contributed by atoms with Gasteiger partial charge in [0.15, 0.2) is 0 Å². The Kier molecular flexibility index (Phi) is 6.46. The lowest BCUT2D eigenvalue weighted by molar-refractivity contribution is -0.148. The van der Waals surface area contributed by atoms with Gasteiger partial charge in [0.2, 0.25) is 5.91 Å². The summed E-state index contributed by atoms with van der Waals surface area (Å²) in [4.78, 5) is 40.6. The Hall–Kier alpha value is -2.39. The van der Waals surface area contributed by atoms with Crippen molar-refractivity contribution in [3.05, 3.63) is 24.2 Å². The van der Waals surface area contributed by atoms with Crippen molar-refractivity contribution in [3.8, 4) is 0 Å². The molecular weight excluding hydrogens is 352 g/mol. The summed E-state index contributed by atoms with van der Waals surface area (Å²) < 4.78 is 10.3. The molecule has 0 aliphatic carbocycles. The van der Waals surface area contributed by atoms with E-state index in [0.29, 0.717) is 52.4 Å². The van der Waals surface area contributed by atoms with Crippen LogP contribution in [0, 0.1) is 0 Å². The van der Waals surface area contributed by atoms with Crippen molar-refractivity contribution in [3.63, 3.8) is 0 Å². The molecule has 2 aliphatic rings. The summed E-state index contributed by atoms with van der Waals surface area (Å²) >= 11 is 0. The molecule has 2 aliphatic heterocycles. The molecule has 3 amide bonds. The zero-order chi connectivity index (χ0) is 19.2. The summed E-state index contributed by atoms with van der Waals surface area (Å²) in [6.07, 6.45) is 3.70.